The van der Waals surface area contributed by atoms with Crippen molar-refractivity contribution in [3.8, 4) is 0 Å². The zero-order valence-corrected chi connectivity index (χ0v) is 41.3. The first-order valence-corrected chi connectivity index (χ1v) is 27.6. The molecule has 5 heteroatoms. The van der Waals surface area contributed by atoms with E-state index < -0.39 is 18.2 Å². The molecular weight excluding hydrogens is 751 g/mol. The first-order chi connectivity index (χ1) is 30.0. The van der Waals surface area contributed by atoms with Gasteiger partial charge in [0.05, 0.1) is 31.3 Å². The molecule has 0 fully saturated rings. The zero-order chi connectivity index (χ0) is 44.4. The highest BCUT2D eigenvalue weighted by atomic mass is 16.3. The lowest BCUT2D eigenvalue weighted by Crippen LogP contribution is -2.46. The minimum Gasteiger partial charge on any atom is -0.394 e. The van der Waals surface area contributed by atoms with Crippen LogP contribution in [0.3, 0.4) is 0 Å². The summed E-state index contributed by atoms with van der Waals surface area (Å²) < 4.78 is 0. The molecule has 0 aromatic rings. The minimum atomic E-state index is -0.752. The molecule has 0 aliphatic carbocycles. The molecule has 0 rings (SSSR count). The summed E-state index contributed by atoms with van der Waals surface area (Å²) >= 11 is 0. The van der Waals surface area contributed by atoms with Gasteiger partial charge in [-0.2, -0.15) is 0 Å². The van der Waals surface area contributed by atoms with Crippen molar-refractivity contribution in [1.29, 1.82) is 0 Å². The van der Waals surface area contributed by atoms with Crippen LogP contribution in [-0.4, -0.2) is 46.1 Å². The summed E-state index contributed by atoms with van der Waals surface area (Å²) in [4.78, 5) is 12.5. The number of hydrogen-bond donors (Lipinski definition) is 4. The average Bonchev–Trinajstić information content (AvgIpc) is 3.25. The smallest absolute Gasteiger partial charge is 0.222 e. The molecule has 0 heterocycles. The lowest BCUT2D eigenvalue weighted by molar-refractivity contribution is -0.125. The van der Waals surface area contributed by atoms with Crippen LogP contribution in [0.25, 0.3) is 0 Å². The second-order valence-corrected chi connectivity index (χ2v) is 19.2. The first-order valence-electron chi connectivity index (χ1n) is 27.6. The van der Waals surface area contributed by atoms with Crippen LogP contribution in [0.15, 0.2) is 24.3 Å². The summed E-state index contributed by atoms with van der Waals surface area (Å²) in [5.41, 5.74) is 0. The second-order valence-electron chi connectivity index (χ2n) is 19.2. The molecule has 1 amide bonds. The molecule has 5 nitrogen and oxygen atoms in total. The summed E-state index contributed by atoms with van der Waals surface area (Å²) in [6.45, 7) is 4.29. The van der Waals surface area contributed by atoms with E-state index in [1.54, 1.807) is 0 Å². The van der Waals surface area contributed by atoms with Gasteiger partial charge in [-0.25, -0.2) is 0 Å². The van der Waals surface area contributed by atoms with Crippen LogP contribution < -0.4 is 5.32 Å². The van der Waals surface area contributed by atoms with E-state index in [2.05, 4.69) is 43.5 Å². The fraction of sp³-hybridized carbons (Fsp3) is 0.911. The molecule has 3 atom stereocenters. The molecule has 3 unspecified atom stereocenters. The van der Waals surface area contributed by atoms with E-state index in [9.17, 15) is 20.1 Å². The van der Waals surface area contributed by atoms with Crippen molar-refractivity contribution < 1.29 is 20.1 Å². The maximum Gasteiger partial charge on any atom is 0.222 e. The number of hydrogen-bond acceptors (Lipinski definition) is 4. The summed E-state index contributed by atoms with van der Waals surface area (Å²) in [7, 11) is 0. The summed E-state index contributed by atoms with van der Waals surface area (Å²) in [6.07, 6.45) is 64.7. The fourth-order valence-corrected chi connectivity index (χ4v) is 8.79. The predicted molar refractivity (Wildman–Crippen MR) is 268 cm³/mol. The first kappa shape index (κ1) is 59.8. The van der Waals surface area contributed by atoms with Crippen molar-refractivity contribution in [3.05, 3.63) is 24.3 Å². The molecular formula is C56H109NO4. The molecule has 4 N–H and O–H groups in total. The Kier molecular flexibility index (Phi) is 50.5. The molecule has 0 radical (unpaired) electrons. The molecule has 0 spiro atoms. The van der Waals surface area contributed by atoms with Gasteiger partial charge < -0.3 is 20.6 Å². The number of nitrogens with one attached hydrogen (secondary N) is 1. The van der Waals surface area contributed by atoms with Crippen LogP contribution in [0.4, 0.5) is 0 Å². The summed E-state index contributed by atoms with van der Waals surface area (Å²) in [6, 6.07) is -0.661. The van der Waals surface area contributed by atoms with Crippen LogP contribution in [0.5, 0.6) is 0 Å². The van der Waals surface area contributed by atoms with Crippen LogP contribution in [0, 0.1) is 0 Å². The molecule has 0 bridgehead atoms. The van der Waals surface area contributed by atoms with E-state index in [1.165, 1.54) is 238 Å². The molecule has 0 aromatic carbocycles. The average molecular weight is 860 g/mol. The van der Waals surface area contributed by atoms with Crippen LogP contribution in [-0.2, 0) is 4.79 Å². The highest BCUT2D eigenvalue weighted by Crippen LogP contribution is 2.18. The molecule has 0 saturated heterocycles. The Hall–Kier alpha value is -1.17. The van der Waals surface area contributed by atoms with Gasteiger partial charge in [0, 0.05) is 0 Å². The van der Waals surface area contributed by atoms with E-state index in [-0.39, 0.29) is 18.9 Å². The Bertz CT molecular complexity index is 905. The lowest BCUT2D eigenvalue weighted by atomic mass is 10.0. The normalized spacial score (nSPS) is 13.5. The Balaban J connectivity index is 3.56. The molecule has 362 valence electrons. The van der Waals surface area contributed by atoms with Crippen molar-refractivity contribution >= 4 is 5.91 Å². The third-order valence-electron chi connectivity index (χ3n) is 13.0. The number of carbonyl (C=O) groups excluding carboxylic acids is 1. The van der Waals surface area contributed by atoms with E-state index in [4.69, 9.17) is 0 Å². The number of aliphatic hydroxyl groups is 3. The lowest BCUT2D eigenvalue weighted by Gasteiger charge is -2.23. The van der Waals surface area contributed by atoms with Crippen molar-refractivity contribution in [1.82, 2.24) is 5.32 Å². The van der Waals surface area contributed by atoms with Gasteiger partial charge in [-0.05, 0) is 44.9 Å². The number of carbonyl (C=O) groups is 1. The Morgan fingerprint density at radius 1 is 0.410 bits per heavy atom. The molecule has 0 saturated carbocycles. The molecule has 0 aromatic heterocycles. The van der Waals surface area contributed by atoms with Crippen LogP contribution in [0.1, 0.15) is 303 Å². The van der Waals surface area contributed by atoms with Gasteiger partial charge in [-0.3, -0.25) is 4.79 Å². The second kappa shape index (κ2) is 51.5. The van der Waals surface area contributed by atoms with Crippen LogP contribution >= 0.6 is 0 Å². The Labute approximate surface area is 382 Å². The van der Waals surface area contributed by atoms with Gasteiger partial charge in [0.25, 0.3) is 0 Å². The zero-order valence-electron chi connectivity index (χ0n) is 41.3. The largest absolute Gasteiger partial charge is 0.394 e. The summed E-state index contributed by atoms with van der Waals surface area (Å²) in [5, 5.41) is 33.6. The quantitative estimate of drug-likeness (QED) is 0.0362. The third-order valence-corrected chi connectivity index (χ3v) is 13.0. The Morgan fingerprint density at radius 2 is 0.705 bits per heavy atom. The molecule has 61 heavy (non-hydrogen) atoms. The van der Waals surface area contributed by atoms with E-state index >= 15 is 0 Å². The van der Waals surface area contributed by atoms with E-state index in [0.717, 1.165) is 32.1 Å². The van der Waals surface area contributed by atoms with Crippen molar-refractivity contribution in [3.63, 3.8) is 0 Å². The number of unbranched alkanes of at least 4 members (excludes halogenated alkanes) is 38. The molecule has 0 aliphatic rings. The standard InChI is InChI=1S/C56H109NO4/c1-3-5-7-9-11-13-15-17-19-21-23-25-27-29-31-33-35-37-39-41-43-45-47-49-53(59)51-56(61)57-54(52-58)55(60)50-48-46-44-42-40-38-36-34-32-30-28-26-24-22-20-18-16-14-12-10-8-6-4-2/h23,25,29,31,53-55,58-60H,3-22,24,26-28,30,32-52H2,1-2H3,(H,57,61)/b25-23-,31-29-. The Morgan fingerprint density at radius 3 is 1.03 bits per heavy atom. The maximum atomic E-state index is 12.5. The fourth-order valence-electron chi connectivity index (χ4n) is 8.79. The number of aliphatic hydroxyl groups excluding tert-OH is 3. The molecule has 0 aliphatic heterocycles. The highest BCUT2D eigenvalue weighted by molar-refractivity contribution is 5.76. The highest BCUT2D eigenvalue weighted by Gasteiger charge is 2.21. The summed E-state index contributed by atoms with van der Waals surface area (Å²) in [5.74, 6) is -0.283. The van der Waals surface area contributed by atoms with Crippen molar-refractivity contribution in [2.24, 2.45) is 0 Å². The van der Waals surface area contributed by atoms with Gasteiger partial charge in [0.2, 0.25) is 5.91 Å². The number of allylic oxidation sites excluding steroid dienone is 4. The third kappa shape index (κ3) is 48.1. The maximum absolute atomic E-state index is 12.5. The number of rotatable bonds is 51. The monoisotopic (exact) mass is 860 g/mol. The minimum absolute atomic E-state index is 0.0330. The van der Waals surface area contributed by atoms with E-state index in [1.807, 2.05) is 0 Å². The topological polar surface area (TPSA) is 89.8 Å². The SMILES string of the molecule is CCCCCCCCCCC/C=C\C/C=C\CCCCCCCCCC(O)CC(=O)NC(CO)C(O)CCCCCCCCCCCCCCCCCCCCCCCCC. The van der Waals surface area contributed by atoms with Gasteiger partial charge in [-0.1, -0.05) is 276 Å². The van der Waals surface area contributed by atoms with Gasteiger partial charge in [-0.15, -0.1) is 0 Å². The number of amides is 1. The van der Waals surface area contributed by atoms with Gasteiger partial charge in [0.1, 0.15) is 0 Å². The van der Waals surface area contributed by atoms with Gasteiger partial charge in [0.15, 0.2) is 0 Å². The van der Waals surface area contributed by atoms with E-state index in [0.29, 0.717) is 12.8 Å². The van der Waals surface area contributed by atoms with Crippen molar-refractivity contribution in [2.75, 3.05) is 6.61 Å². The van der Waals surface area contributed by atoms with Crippen molar-refractivity contribution in [2.45, 2.75) is 321 Å². The van der Waals surface area contributed by atoms with Crippen LogP contribution in [0.2, 0.25) is 0 Å². The predicted octanol–water partition coefficient (Wildman–Crippen LogP) is 16.9. The van der Waals surface area contributed by atoms with Gasteiger partial charge >= 0.3 is 0 Å².